The van der Waals surface area contributed by atoms with E-state index >= 15 is 0 Å². The monoisotopic (exact) mass is 259 g/mol. The summed E-state index contributed by atoms with van der Waals surface area (Å²) in [5.74, 6) is 0.333. The van der Waals surface area contributed by atoms with Gasteiger partial charge in [0.1, 0.15) is 11.6 Å². The summed E-state index contributed by atoms with van der Waals surface area (Å²) in [6, 6.07) is 9.07. The zero-order chi connectivity index (χ0) is 13.8. The van der Waals surface area contributed by atoms with Gasteiger partial charge in [0.05, 0.1) is 0 Å². The molecule has 0 aliphatic carbocycles. The van der Waals surface area contributed by atoms with Crippen LogP contribution in [-0.4, -0.2) is 12.0 Å². The molecule has 19 heavy (non-hydrogen) atoms. The topological polar surface area (TPSA) is 50.9 Å². The lowest BCUT2D eigenvalue weighted by molar-refractivity contribution is 0.530. The van der Waals surface area contributed by atoms with Crippen LogP contribution in [0.4, 0.5) is 10.2 Å². The summed E-state index contributed by atoms with van der Waals surface area (Å²) in [6.07, 6.45) is 2.26. The van der Waals surface area contributed by atoms with E-state index < -0.39 is 0 Å². The molecule has 0 aliphatic rings. The lowest BCUT2D eigenvalue weighted by Gasteiger charge is -2.19. The lowest BCUT2D eigenvalue weighted by Crippen LogP contribution is -2.21. The summed E-state index contributed by atoms with van der Waals surface area (Å²) in [5, 5.41) is 3.14. The Morgan fingerprint density at radius 1 is 1.32 bits per heavy atom. The molecular formula is C15H18FN3. The first-order chi connectivity index (χ1) is 9.13. The summed E-state index contributed by atoms with van der Waals surface area (Å²) in [4.78, 5) is 4.06. The number of aromatic nitrogens is 1. The fourth-order valence-electron chi connectivity index (χ4n) is 2.15. The van der Waals surface area contributed by atoms with Crippen LogP contribution in [0.5, 0.6) is 0 Å². The number of nitrogens with one attached hydrogen (secondary N) is 1. The van der Waals surface area contributed by atoms with Gasteiger partial charge in [-0.2, -0.15) is 0 Å². The smallest absolute Gasteiger partial charge is 0.130 e. The van der Waals surface area contributed by atoms with Gasteiger partial charge in [-0.15, -0.1) is 0 Å². The molecule has 1 atom stereocenters. The first-order valence-electron chi connectivity index (χ1n) is 6.25. The van der Waals surface area contributed by atoms with Crippen molar-refractivity contribution in [2.75, 3.05) is 12.8 Å². The van der Waals surface area contributed by atoms with E-state index in [0.717, 1.165) is 5.56 Å². The van der Waals surface area contributed by atoms with E-state index in [2.05, 4.69) is 10.3 Å². The van der Waals surface area contributed by atoms with Gasteiger partial charge in [0.2, 0.25) is 0 Å². The van der Waals surface area contributed by atoms with Crippen molar-refractivity contribution in [3.63, 3.8) is 0 Å². The average Bonchev–Trinajstić information content (AvgIpc) is 2.41. The van der Waals surface area contributed by atoms with Gasteiger partial charge in [-0.1, -0.05) is 24.3 Å². The van der Waals surface area contributed by atoms with Crippen molar-refractivity contribution in [3.05, 3.63) is 59.0 Å². The second-order valence-corrected chi connectivity index (χ2v) is 4.57. The number of nitrogen functional groups attached to an aromatic ring is 1. The number of hydrogen-bond donors (Lipinski definition) is 2. The number of nitrogens with two attached hydrogens (primary N) is 1. The number of aryl methyl sites for hydroxylation is 1. The van der Waals surface area contributed by atoms with Crippen molar-refractivity contribution < 1.29 is 4.39 Å². The Morgan fingerprint density at radius 3 is 2.79 bits per heavy atom. The van der Waals surface area contributed by atoms with Crippen LogP contribution in [-0.2, 0) is 6.42 Å². The van der Waals surface area contributed by atoms with E-state index in [4.69, 9.17) is 5.73 Å². The third-order valence-corrected chi connectivity index (χ3v) is 3.30. The maximum atomic E-state index is 14.2. The molecule has 3 N–H and O–H groups in total. The summed E-state index contributed by atoms with van der Waals surface area (Å²) in [5.41, 5.74) is 8.06. The quantitative estimate of drug-likeness (QED) is 0.887. The molecule has 0 amide bonds. The van der Waals surface area contributed by atoms with Crippen molar-refractivity contribution in [1.29, 1.82) is 0 Å². The van der Waals surface area contributed by atoms with E-state index in [-0.39, 0.29) is 11.9 Å². The fraction of sp³-hybridized carbons (Fsp3) is 0.267. The van der Waals surface area contributed by atoms with Crippen molar-refractivity contribution in [2.24, 2.45) is 0 Å². The molecule has 0 saturated carbocycles. The summed E-state index contributed by atoms with van der Waals surface area (Å²) >= 11 is 0. The van der Waals surface area contributed by atoms with Gasteiger partial charge >= 0.3 is 0 Å². The normalized spacial score (nSPS) is 12.4. The highest BCUT2D eigenvalue weighted by Crippen LogP contribution is 2.24. The van der Waals surface area contributed by atoms with E-state index in [1.165, 1.54) is 0 Å². The van der Waals surface area contributed by atoms with Crippen LogP contribution in [0.2, 0.25) is 0 Å². The van der Waals surface area contributed by atoms with Gasteiger partial charge in [-0.3, -0.25) is 0 Å². The second-order valence-electron chi connectivity index (χ2n) is 4.57. The van der Waals surface area contributed by atoms with E-state index in [0.29, 0.717) is 23.4 Å². The Hall–Kier alpha value is -1.94. The molecule has 1 aromatic carbocycles. The molecule has 1 aromatic heterocycles. The van der Waals surface area contributed by atoms with Crippen LogP contribution >= 0.6 is 0 Å². The molecule has 0 saturated heterocycles. The van der Waals surface area contributed by atoms with Gasteiger partial charge < -0.3 is 11.1 Å². The molecule has 4 heteroatoms. The van der Waals surface area contributed by atoms with Gasteiger partial charge in [-0.05, 0) is 37.6 Å². The number of anilines is 1. The Bertz CT molecular complexity index is 569. The zero-order valence-electron chi connectivity index (χ0n) is 11.2. The Labute approximate surface area is 112 Å². The highest BCUT2D eigenvalue weighted by Gasteiger charge is 2.16. The van der Waals surface area contributed by atoms with Gasteiger partial charge in [-0.25, -0.2) is 9.37 Å². The van der Waals surface area contributed by atoms with E-state index in [9.17, 15) is 4.39 Å². The molecule has 2 aromatic rings. The van der Waals surface area contributed by atoms with Crippen molar-refractivity contribution in [3.8, 4) is 0 Å². The minimum Gasteiger partial charge on any atom is -0.383 e. The van der Waals surface area contributed by atoms with Crippen LogP contribution < -0.4 is 11.1 Å². The molecule has 2 rings (SSSR count). The zero-order valence-corrected chi connectivity index (χ0v) is 11.2. The van der Waals surface area contributed by atoms with Crippen LogP contribution in [0.25, 0.3) is 0 Å². The number of likely N-dealkylation sites (N-methyl/N-ethyl adjacent to an activating group) is 1. The number of pyridine rings is 1. The molecule has 0 bridgehead atoms. The number of rotatable bonds is 4. The van der Waals surface area contributed by atoms with Crippen LogP contribution in [0, 0.1) is 12.7 Å². The number of benzene rings is 1. The van der Waals surface area contributed by atoms with Crippen molar-refractivity contribution >= 4 is 5.82 Å². The molecule has 1 unspecified atom stereocenters. The third kappa shape index (κ3) is 2.90. The molecule has 100 valence electrons. The van der Waals surface area contributed by atoms with Gasteiger partial charge in [0.25, 0.3) is 0 Å². The summed E-state index contributed by atoms with van der Waals surface area (Å²) < 4.78 is 14.2. The molecule has 0 spiro atoms. The molecule has 0 radical (unpaired) electrons. The average molecular weight is 259 g/mol. The molecule has 0 aliphatic heterocycles. The molecular weight excluding hydrogens is 241 g/mol. The minimum absolute atomic E-state index is 0.119. The fourth-order valence-corrected chi connectivity index (χ4v) is 2.15. The number of hydrogen-bond acceptors (Lipinski definition) is 3. The number of halogens is 1. The second kappa shape index (κ2) is 5.80. The first kappa shape index (κ1) is 13.5. The molecule has 1 heterocycles. The number of nitrogens with zero attached hydrogens (tertiary/aromatic N) is 1. The maximum Gasteiger partial charge on any atom is 0.130 e. The summed E-state index contributed by atoms with van der Waals surface area (Å²) in [7, 11) is 1.82. The highest BCUT2D eigenvalue weighted by molar-refractivity contribution is 5.40. The van der Waals surface area contributed by atoms with Crippen LogP contribution in [0.1, 0.15) is 22.7 Å². The lowest BCUT2D eigenvalue weighted by atomic mass is 9.97. The summed E-state index contributed by atoms with van der Waals surface area (Å²) in [6.45, 7) is 1.77. The van der Waals surface area contributed by atoms with E-state index in [1.807, 2.05) is 25.2 Å². The van der Waals surface area contributed by atoms with Gasteiger partial charge in [0, 0.05) is 17.8 Å². The Balaban J connectivity index is 2.31. The van der Waals surface area contributed by atoms with Gasteiger partial charge in [0.15, 0.2) is 0 Å². The standard InChI is InChI=1S/C15H18FN3/c1-10-5-3-7-12(14(10)16)13(18-2)9-11-6-4-8-19-15(11)17/h3-8,13,18H,9H2,1-2H3,(H2,17,19). The van der Waals surface area contributed by atoms with Crippen LogP contribution in [0.15, 0.2) is 36.5 Å². The van der Waals surface area contributed by atoms with E-state index in [1.54, 1.807) is 25.3 Å². The van der Waals surface area contributed by atoms with Crippen molar-refractivity contribution in [2.45, 2.75) is 19.4 Å². The molecule has 3 nitrogen and oxygen atoms in total. The van der Waals surface area contributed by atoms with Crippen LogP contribution in [0.3, 0.4) is 0 Å². The Morgan fingerprint density at radius 2 is 2.11 bits per heavy atom. The maximum absolute atomic E-state index is 14.2. The predicted octanol–water partition coefficient (Wildman–Crippen LogP) is 2.61. The molecule has 0 fully saturated rings. The first-order valence-corrected chi connectivity index (χ1v) is 6.25. The largest absolute Gasteiger partial charge is 0.383 e. The highest BCUT2D eigenvalue weighted by atomic mass is 19.1. The minimum atomic E-state index is -0.163. The third-order valence-electron chi connectivity index (χ3n) is 3.30. The predicted molar refractivity (Wildman–Crippen MR) is 75.3 cm³/mol. The Kier molecular flexibility index (Phi) is 4.12. The SMILES string of the molecule is CNC(Cc1cccnc1N)c1cccc(C)c1F. The van der Waals surface area contributed by atoms with Crippen molar-refractivity contribution in [1.82, 2.24) is 10.3 Å².